The molecule has 0 aromatic heterocycles. The number of hydrogen-bond donors (Lipinski definition) is 2. The van der Waals surface area contributed by atoms with Crippen LogP contribution in [0.25, 0.3) is 0 Å². The minimum absolute atomic E-state index is 0.0803. The molecule has 2 aromatic rings. The second kappa shape index (κ2) is 9.47. The van der Waals surface area contributed by atoms with Gasteiger partial charge in [-0.05, 0) is 59.3 Å². The summed E-state index contributed by atoms with van der Waals surface area (Å²) in [5, 5.41) is 14.2. The molecule has 0 aliphatic rings. The molecule has 2 rings (SSSR count). The number of nitrogens with one attached hydrogen (secondary N) is 1. The average molecular weight is 475 g/mol. The molecule has 0 heterocycles. The van der Waals surface area contributed by atoms with Gasteiger partial charge in [-0.2, -0.15) is 5.10 Å². The molecule has 0 fully saturated rings. The van der Waals surface area contributed by atoms with Crippen molar-refractivity contribution in [3.05, 3.63) is 50.6 Å². The van der Waals surface area contributed by atoms with E-state index in [1.807, 2.05) is 29.5 Å². The molecule has 0 atom stereocenters. The summed E-state index contributed by atoms with van der Waals surface area (Å²) in [6.45, 7) is 2.05. The Labute approximate surface area is 163 Å². The molecule has 0 saturated carbocycles. The number of carbonyl (C=O) groups is 1. The highest BCUT2D eigenvalue weighted by atomic mass is 127. The van der Waals surface area contributed by atoms with Gasteiger partial charge in [0.05, 0.1) is 21.4 Å². The largest absolute Gasteiger partial charge is 0.504 e. The van der Waals surface area contributed by atoms with Crippen LogP contribution in [0, 0.1) is 3.57 Å². The normalized spacial score (nSPS) is 10.7. The third-order valence-electron chi connectivity index (χ3n) is 2.95. The topological polar surface area (TPSA) is 80.2 Å². The number of carbonyl (C=O) groups excluding carboxylic acids is 1. The number of hydrazone groups is 1. The Bertz CT molecular complexity index is 783. The zero-order valence-corrected chi connectivity index (χ0v) is 16.2. The first-order valence-corrected chi connectivity index (χ1v) is 8.81. The van der Waals surface area contributed by atoms with E-state index in [0.29, 0.717) is 32.3 Å². The molecule has 0 saturated heterocycles. The summed E-state index contributed by atoms with van der Waals surface area (Å²) in [6.07, 6.45) is 1.46. The van der Waals surface area contributed by atoms with Crippen molar-refractivity contribution in [2.75, 3.05) is 13.2 Å². The van der Waals surface area contributed by atoms with Gasteiger partial charge in [-0.25, -0.2) is 5.43 Å². The summed E-state index contributed by atoms with van der Waals surface area (Å²) >= 11 is 7.93. The van der Waals surface area contributed by atoms with E-state index in [4.69, 9.17) is 21.1 Å². The van der Waals surface area contributed by atoms with Crippen molar-refractivity contribution >= 4 is 46.3 Å². The van der Waals surface area contributed by atoms with Crippen LogP contribution in [-0.4, -0.2) is 30.4 Å². The van der Waals surface area contributed by atoms with E-state index in [0.717, 1.165) is 0 Å². The maximum Gasteiger partial charge on any atom is 0.277 e. The zero-order chi connectivity index (χ0) is 18.2. The molecule has 25 heavy (non-hydrogen) atoms. The van der Waals surface area contributed by atoms with Crippen LogP contribution >= 0.6 is 34.2 Å². The summed E-state index contributed by atoms with van der Waals surface area (Å²) < 4.78 is 11.3. The molecule has 0 radical (unpaired) electrons. The lowest BCUT2D eigenvalue weighted by molar-refractivity contribution is -0.123. The molecule has 2 N–H and O–H groups in total. The Balaban J connectivity index is 1.92. The molecular weight excluding hydrogens is 459 g/mol. The first-order valence-electron chi connectivity index (χ1n) is 7.35. The maximum absolute atomic E-state index is 11.7. The SMILES string of the molecule is CCOc1cc(/C=N\NC(=O)COc2ccccc2Cl)cc(I)c1O. The van der Waals surface area contributed by atoms with Crippen molar-refractivity contribution in [1.29, 1.82) is 0 Å². The third kappa shape index (κ3) is 5.79. The fraction of sp³-hybridized carbons (Fsp3) is 0.176. The molecule has 8 heteroatoms. The van der Waals surface area contributed by atoms with E-state index < -0.39 is 5.91 Å². The maximum atomic E-state index is 11.7. The van der Waals surface area contributed by atoms with Crippen LogP contribution in [0.15, 0.2) is 41.5 Å². The molecule has 0 unspecified atom stereocenters. The Morgan fingerprint density at radius 1 is 1.32 bits per heavy atom. The first kappa shape index (κ1) is 19.3. The van der Waals surface area contributed by atoms with E-state index in [1.165, 1.54) is 6.21 Å². The lowest BCUT2D eigenvalue weighted by Gasteiger charge is -2.08. The van der Waals surface area contributed by atoms with Crippen molar-refractivity contribution in [1.82, 2.24) is 5.43 Å². The van der Waals surface area contributed by atoms with E-state index in [2.05, 4.69) is 10.5 Å². The van der Waals surface area contributed by atoms with Crippen LogP contribution in [-0.2, 0) is 4.79 Å². The number of para-hydroxylation sites is 1. The molecule has 6 nitrogen and oxygen atoms in total. The number of aromatic hydroxyl groups is 1. The number of hydrogen-bond acceptors (Lipinski definition) is 5. The number of amides is 1. The Hall–Kier alpha value is -2.00. The van der Waals surface area contributed by atoms with Crippen LogP contribution < -0.4 is 14.9 Å². The van der Waals surface area contributed by atoms with Gasteiger partial charge >= 0.3 is 0 Å². The average Bonchev–Trinajstić information content (AvgIpc) is 2.58. The van der Waals surface area contributed by atoms with E-state index in [1.54, 1.807) is 36.4 Å². The number of benzene rings is 2. The van der Waals surface area contributed by atoms with Crippen molar-refractivity contribution in [3.63, 3.8) is 0 Å². The van der Waals surface area contributed by atoms with Crippen LogP contribution in [0.1, 0.15) is 12.5 Å². The minimum Gasteiger partial charge on any atom is -0.504 e. The van der Waals surface area contributed by atoms with Gasteiger partial charge in [0, 0.05) is 0 Å². The van der Waals surface area contributed by atoms with E-state index in [9.17, 15) is 9.90 Å². The van der Waals surface area contributed by atoms with Crippen molar-refractivity contribution < 1.29 is 19.4 Å². The summed E-state index contributed by atoms with van der Waals surface area (Å²) in [7, 11) is 0. The highest BCUT2D eigenvalue weighted by molar-refractivity contribution is 14.1. The molecule has 2 aromatic carbocycles. The quantitative estimate of drug-likeness (QED) is 0.365. The van der Waals surface area contributed by atoms with E-state index in [-0.39, 0.29) is 12.4 Å². The fourth-order valence-corrected chi connectivity index (χ4v) is 2.67. The van der Waals surface area contributed by atoms with E-state index >= 15 is 0 Å². The van der Waals surface area contributed by atoms with Crippen LogP contribution in [0.3, 0.4) is 0 Å². The van der Waals surface area contributed by atoms with Gasteiger partial charge < -0.3 is 14.6 Å². The van der Waals surface area contributed by atoms with Gasteiger partial charge in [0.25, 0.3) is 5.91 Å². The second-order valence-electron chi connectivity index (χ2n) is 4.79. The highest BCUT2D eigenvalue weighted by Crippen LogP contribution is 2.32. The summed E-state index contributed by atoms with van der Waals surface area (Å²) in [5.41, 5.74) is 3.04. The predicted molar refractivity (Wildman–Crippen MR) is 105 cm³/mol. The molecule has 0 spiro atoms. The third-order valence-corrected chi connectivity index (χ3v) is 4.08. The Kier molecular flexibility index (Phi) is 7.32. The highest BCUT2D eigenvalue weighted by Gasteiger charge is 2.08. The molecule has 0 bridgehead atoms. The van der Waals surface area contributed by atoms with Gasteiger partial charge in [0.2, 0.25) is 0 Å². The zero-order valence-electron chi connectivity index (χ0n) is 13.3. The van der Waals surface area contributed by atoms with Gasteiger partial charge in [0.1, 0.15) is 5.75 Å². The smallest absolute Gasteiger partial charge is 0.277 e. The van der Waals surface area contributed by atoms with Gasteiger partial charge in [-0.1, -0.05) is 23.7 Å². The standard InChI is InChI=1S/C17H16ClIN2O4/c1-2-24-15-8-11(7-13(19)17(15)23)9-20-21-16(22)10-25-14-6-4-3-5-12(14)18/h3-9,23H,2,10H2,1H3,(H,21,22)/b20-9-. The van der Waals surface area contributed by atoms with Crippen molar-refractivity contribution in [2.45, 2.75) is 6.92 Å². The number of nitrogens with zero attached hydrogens (tertiary/aromatic N) is 1. The Morgan fingerprint density at radius 2 is 2.08 bits per heavy atom. The number of phenolic OH excluding ortho intramolecular Hbond substituents is 1. The van der Waals surface area contributed by atoms with Gasteiger partial charge in [0.15, 0.2) is 18.1 Å². The van der Waals surface area contributed by atoms with Crippen LogP contribution in [0.4, 0.5) is 0 Å². The lowest BCUT2D eigenvalue weighted by atomic mass is 10.2. The molecule has 1 amide bonds. The summed E-state index contributed by atoms with van der Waals surface area (Å²) in [5.74, 6) is 0.452. The molecule has 132 valence electrons. The Morgan fingerprint density at radius 3 is 2.80 bits per heavy atom. The number of halogens is 2. The van der Waals surface area contributed by atoms with Gasteiger partial charge in [-0.15, -0.1) is 0 Å². The number of ether oxygens (including phenoxy) is 2. The number of rotatable bonds is 7. The van der Waals surface area contributed by atoms with Crippen molar-refractivity contribution in [2.24, 2.45) is 5.10 Å². The lowest BCUT2D eigenvalue weighted by Crippen LogP contribution is -2.24. The van der Waals surface area contributed by atoms with Crippen LogP contribution in [0.5, 0.6) is 17.2 Å². The molecule has 0 aliphatic heterocycles. The van der Waals surface area contributed by atoms with Crippen LogP contribution in [0.2, 0.25) is 5.02 Å². The van der Waals surface area contributed by atoms with Gasteiger partial charge in [-0.3, -0.25) is 4.79 Å². The summed E-state index contributed by atoms with van der Waals surface area (Å²) in [4.78, 5) is 11.7. The summed E-state index contributed by atoms with van der Waals surface area (Å²) in [6, 6.07) is 10.2. The predicted octanol–water partition coefficient (Wildman–Crippen LogP) is 3.58. The molecular formula is C17H16ClIN2O4. The second-order valence-corrected chi connectivity index (χ2v) is 6.36. The monoisotopic (exact) mass is 474 g/mol. The first-order chi connectivity index (χ1) is 12.0. The van der Waals surface area contributed by atoms with Crippen molar-refractivity contribution in [3.8, 4) is 17.2 Å². The fourth-order valence-electron chi connectivity index (χ4n) is 1.85. The molecule has 0 aliphatic carbocycles. The minimum atomic E-state index is -0.422. The number of phenols is 1.